The number of halogens is 1. The number of ether oxygens (including phenoxy) is 1. The van der Waals surface area contributed by atoms with Crippen LogP contribution >= 0.6 is 11.6 Å². The van der Waals surface area contributed by atoms with Crippen molar-refractivity contribution >= 4 is 29.2 Å². The van der Waals surface area contributed by atoms with Crippen LogP contribution in [0.4, 0.5) is 5.69 Å². The van der Waals surface area contributed by atoms with E-state index in [4.69, 9.17) is 16.3 Å². The monoisotopic (exact) mass is 365 g/mol. The average Bonchev–Trinajstić information content (AvgIpc) is 2.85. The number of amides is 1. The first kappa shape index (κ1) is 18.8. The summed E-state index contributed by atoms with van der Waals surface area (Å²) in [5, 5.41) is 16.7. The van der Waals surface area contributed by atoms with Gasteiger partial charge in [-0.1, -0.05) is 24.9 Å². The molecule has 0 radical (unpaired) electrons. The van der Waals surface area contributed by atoms with Gasteiger partial charge in [0, 0.05) is 12.1 Å². The molecule has 1 heterocycles. The molecule has 7 nitrogen and oxygen atoms in total. The van der Waals surface area contributed by atoms with Crippen LogP contribution < -0.4 is 10.1 Å². The summed E-state index contributed by atoms with van der Waals surface area (Å²) in [7, 11) is 1.53. The Balaban J connectivity index is 2.44. The molecule has 0 aliphatic rings. The number of carbonyl (C=O) groups excluding carboxylic acids is 1. The van der Waals surface area contributed by atoms with E-state index < -0.39 is 11.9 Å². The second kappa shape index (κ2) is 8.02. The minimum atomic E-state index is -1.16. The number of hydrogen-bond donors (Lipinski definition) is 2. The van der Waals surface area contributed by atoms with E-state index in [1.807, 2.05) is 6.92 Å². The van der Waals surface area contributed by atoms with Crippen LogP contribution in [0.1, 0.15) is 46.8 Å². The lowest BCUT2D eigenvalue weighted by Gasteiger charge is -2.12. The third kappa shape index (κ3) is 4.11. The average molecular weight is 366 g/mol. The fourth-order valence-corrected chi connectivity index (χ4v) is 2.68. The van der Waals surface area contributed by atoms with Crippen molar-refractivity contribution in [1.82, 2.24) is 9.78 Å². The van der Waals surface area contributed by atoms with Crippen LogP contribution in [-0.2, 0) is 13.5 Å². The molecule has 134 valence electrons. The van der Waals surface area contributed by atoms with Crippen LogP contribution in [0, 0.1) is 0 Å². The number of aryl methyl sites for hydroxylation is 2. The van der Waals surface area contributed by atoms with Gasteiger partial charge < -0.3 is 15.2 Å². The van der Waals surface area contributed by atoms with Gasteiger partial charge in [0.2, 0.25) is 0 Å². The van der Waals surface area contributed by atoms with Gasteiger partial charge in [-0.15, -0.1) is 0 Å². The van der Waals surface area contributed by atoms with Gasteiger partial charge in [0.15, 0.2) is 5.69 Å². The predicted molar refractivity (Wildman–Crippen MR) is 94.7 cm³/mol. The number of benzene rings is 1. The summed E-state index contributed by atoms with van der Waals surface area (Å²) in [5.41, 5.74) is 0.883. The molecule has 0 spiro atoms. The number of anilines is 1. The van der Waals surface area contributed by atoms with Gasteiger partial charge in [0.25, 0.3) is 5.91 Å². The fraction of sp³-hybridized carbons (Fsp3) is 0.353. The van der Waals surface area contributed by atoms with E-state index >= 15 is 0 Å². The van der Waals surface area contributed by atoms with E-state index in [2.05, 4.69) is 10.4 Å². The summed E-state index contributed by atoms with van der Waals surface area (Å²) in [4.78, 5) is 24.3. The van der Waals surface area contributed by atoms with Crippen LogP contribution in [0.5, 0.6) is 5.75 Å². The van der Waals surface area contributed by atoms with Gasteiger partial charge in [-0.25, -0.2) is 4.79 Å². The van der Waals surface area contributed by atoms with E-state index in [1.54, 1.807) is 19.1 Å². The Labute approximate surface area is 150 Å². The highest BCUT2D eigenvalue weighted by molar-refractivity contribution is 6.31. The summed E-state index contributed by atoms with van der Waals surface area (Å²) in [6, 6.07) is 4.71. The van der Waals surface area contributed by atoms with Crippen LogP contribution in [-0.4, -0.2) is 33.4 Å². The van der Waals surface area contributed by atoms with Gasteiger partial charge in [0.05, 0.1) is 23.6 Å². The Kier molecular flexibility index (Phi) is 6.03. The normalized spacial score (nSPS) is 10.6. The molecule has 25 heavy (non-hydrogen) atoms. The molecule has 8 heteroatoms. The van der Waals surface area contributed by atoms with Gasteiger partial charge in [-0.3, -0.25) is 9.48 Å². The van der Waals surface area contributed by atoms with Crippen LogP contribution in [0.3, 0.4) is 0 Å². The molecule has 1 aromatic heterocycles. The topological polar surface area (TPSA) is 93.5 Å². The molecule has 0 saturated carbocycles. The van der Waals surface area contributed by atoms with E-state index in [0.717, 1.165) is 6.42 Å². The molecule has 0 aliphatic carbocycles. The molecule has 0 fully saturated rings. The molecule has 0 aliphatic heterocycles. The molecule has 2 aromatic rings. The van der Waals surface area contributed by atoms with Crippen molar-refractivity contribution in [2.45, 2.75) is 26.7 Å². The van der Waals surface area contributed by atoms with Crippen molar-refractivity contribution in [3.05, 3.63) is 40.2 Å². The maximum atomic E-state index is 12.7. The Morgan fingerprint density at radius 1 is 1.36 bits per heavy atom. The molecule has 0 bridgehead atoms. The summed E-state index contributed by atoms with van der Waals surface area (Å²) < 4.78 is 6.71. The molecule has 0 atom stereocenters. The minimum Gasteiger partial charge on any atom is -0.493 e. The number of aromatic carboxylic acids is 1. The summed E-state index contributed by atoms with van der Waals surface area (Å²) >= 11 is 5.98. The largest absolute Gasteiger partial charge is 0.493 e. The van der Waals surface area contributed by atoms with E-state index in [9.17, 15) is 14.7 Å². The lowest BCUT2D eigenvalue weighted by Crippen LogP contribution is -2.17. The zero-order valence-electron chi connectivity index (χ0n) is 14.3. The van der Waals surface area contributed by atoms with E-state index in [-0.39, 0.29) is 16.9 Å². The van der Waals surface area contributed by atoms with Gasteiger partial charge in [-0.2, -0.15) is 5.10 Å². The number of nitrogens with zero attached hydrogens (tertiary/aromatic N) is 2. The summed E-state index contributed by atoms with van der Waals surface area (Å²) in [5.74, 6) is -1.29. The van der Waals surface area contributed by atoms with Gasteiger partial charge in [-0.05, 0) is 31.5 Å². The highest BCUT2D eigenvalue weighted by atomic mass is 35.5. The molecular weight excluding hydrogens is 346 g/mol. The predicted octanol–water partition coefficient (Wildman–Crippen LogP) is 3.38. The second-order valence-corrected chi connectivity index (χ2v) is 5.81. The Morgan fingerprint density at radius 3 is 2.68 bits per heavy atom. The molecular formula is C17H20ClN3O4. The number of aromatic nitrogens is 2. The Morgan fingerprint density at radius 2 is 2.08 bits per heavy atom. The Hall–Kier alpha value is -2.54. The zero-order valence-corrected chi connectivity index (χ0v) is 15.1. The van der Waals surface area contributed by atoms with Crippen molar-refractivity contribution in [2.24, 2.45) is 7.05 Å². The van der Waals surface area contributed by atoms with Crippen molar-refractivity contribution < 1.29 is 19.4 Å². The first-order chi connectivity index (χ1) is 11.9. The SMILES string of the molecule is CCCc1nn(C)c(C(=O)O)c1NC(=O)c1cc(Cl)ccc1OCC. The maximum absolute atomic E-state index is 12.7. The van der Waals surface area contributed by atoms with Crippen LogP contribution in [0.2, 0.25) is 5.02 Å². The number of rotatable bonds is 7. The van der Waals surface area contributed by atoms with Crippen molar-refractivity contribution in [2.75, 3.05) is 11.9 Å². The number of carbonyl (C=O) groups is 2. The molecule has 1 amide bonds. The smallest absolute Gasteiger partial charge is 0.356 e. The van der Waals surface area contributed by atoms with E-state index in [1.165, 1.54) is 17.8 Å². The van der Waals surface area contributed by atoms with Crippen LogP contribution in [0.15, 0.2) is 18.2 Å². The first-order valence-corrected chi connectivity index (χ1v) is 8.29. The Bertz CT molecular complexity index is 801. The quantitative estimate of drug-likeness (QED) is 0.784. The first-order valence-electron chi connectivity index (χ1n) is 7.91. The third-order valence-corrected chi connectivity index (χ3v) is 3.77. The standard InChI is InChI=1S/C17H20ClN3O4/c1-4-6-12-14(15(17(23)24)21(3)20-12)19-16(22)11-9-10(18)7-8-13(11)25-5-2/h7-9H,4-6H2,1-3H3,(H,19,22)(H,23,24). The number of carboxylic acids is 1. The zero-order chi connectivity index (χ0) is 18.6. The number of hydrogen-bond acceptors (Lipinski definition) is 4. The number of nitrogens with one attached hydrogen (secondary N) is 1. The fourth-order valence-electron chi connectivity index (χ4n) is 2.51. The molecule has 0 unspecified atom stereocenters. The van der Waals surface area contributed by atoms with Gasteiger partial charge >= 0.3 is 5.97 Å². The highest BCUT2D eigenvalue weighted by Gasteiger charge is 2.24. The van der Waals surface area contributed by atoms with Crippen molar-refractivity contribution in [1.29, 1.82) is 0 Å². The minimum absolute atomic E-state index is 0.0724. The van der Waals surface area contributed by atoms with Gasteiger partial charge in [0.1, 0.15) is 5.75 Å². The van der Waals surface area contributed by atoms with Crippen molar-refractivity contribution in [3.8, 4) is 5.75 Å². The van der Waals surface area contributed by atoms with E-state index in [0.29, 0.717) is 29.5 Å². The maximum Gasteiger partial charge on any atom is 0.356 e. The number of carboxylic acid groups (broad SMARTS) is 1. The summed E-state index contributed by atoms with van der Waals surface area (Å²) in [6.45, 7) is 4.14. The van der Waals surface area contributed by atoms with Crippen molar-refractivity contribution in [3.63, 3.8) is 0 Å². The van der Waals surface area contributed by atoms with Crippen LogP contribution in [0.25, 0.3) is 0 Å². The lowest BCUT2D eigenvalue weighted by atomic mass is 10.1. The second-order valence-electron chi connectivity index (χ2n) is 5.38. The molecule has 1 aromatic carbocycles. The highest BCUT2D eigenvalue weighted by Crippen LogP contribution is 2.27. The molecule has 2 N–H and O–H groups in total. The molecule has 2 rings (SSSR count). The molecule has 0 saturated heterocycles. The lowest BCUT2D eigenvalue weighted by molar-refractivity contribution is 0.0686. The summed E-state index contributed by atoms with van der Waals surface area (Å²) in [6.07, 6.45) is 1.31. The third-order valence-electron chi connectivity index (χ3n) is 3.53.